The zero-order chi connectivity index (χ0) is 10.3. The summed E-state index contributed by atoms with van der Waals surface area (Å²) >= 11 is 0. The van der Waals surface area contributed by atoms with Gasteiger partial charge in [-0.1, -0.05) is 19.4 Å². The standard InChI is InChI=1S/C10H20N2O/c1-4-6-9(8-11)10(13)12(3)7-5-2/h5,9H,2,4,6-8,11H2,1,3H3. The fourth-order valence-electron chi connectivity index (χ4n) is 1.29. The molecule has 0 radical (unpaired) electrons. The molecule has 3 nitrogen and oxygen atoms in total. The first-order valence-electron chi connectivity index (χ1n) is 4.73. The Morgan fingerprint density at radius 2 is 2.31 bits per heavy atom. The van der Waals surface area contributed by atoms with Crippen molar-refractivity contribution in [3.63, 3.8) is 0 Å². The van der Waals surface area contributed by atoms with Crippen molar-refractivity contribution in [1.29, 1.82) is 0 Å². The van der Waals surface area contributed by atoms with E-state index in [4.69, 9.17) is 5.73 Å². The zero-order valence-electron chi connectivity index (χ0n) is 8.62. The Balaban J connectivity index is 4.09. The molecule has 0 aliphatic heterocycles. The Morgan fingerprint density at radius 3 is 2.69 bits per heavy atom. The van der Waals surface area contributed by atoms with E-state index in [2.05, 4.69) is 13.5 Å². The third kappa shape index (κ3) is 4.08. The predicted octanol–water partition coefficient (Wildman–Crippen LogP) is 1.01. The minimum absolute atomic E-state index is 0.0186. The molecule has 0 spiro atoms. The molecule has 13 heavy (non-hydrogen) atoms. The van der Waals surface area contributed by atoms with E-state index < -0.39 is 0 Å². The number of nitrogens with two attached hydrogens (primary N) is 1. The third-order valence-corrected chi connectivity index (χ3v) is 2.05. The normalized spacial score (nSPS) is 12.2. The van der Waals surface area contributed by atoms with E-state index in [-0.39, 0.29) is 11.8 Å². The second-order valence-corrected chi connectivity index (χ2v) is 3.23. The lowest BCUT2D eigenvalue weighted by molar-refractivity contribution is -0.133. The summed E-state index contributed by atoms with van der Waals surface area (Å²) in [6.07, 6.45) is 3.59. The maximum atomic E-state index is 11.7. The minimum atomic E-state index is -0.0186. The fourth-order valence-corrected chi connectivity index (χ4v) is 1.29. The molecule has 0 aliphatic rings. The van der Waals surface area contributed by atoms with Crippen molar-refractivity contribution in [3.8, 4) is 0 Å². The Morgan fingerprint density at radius 1 is 1.69 bits per heavy atom. The van der Waals surface area contributed by atoms with E-state index in [1.165, 1.54) is 0 Å². The van der Waals surface area contributed by atoms with Gasteiger partial charge in [0.25, 0.3) is 0 Å². The molecule has 0 rings (SSSR count). The molecule has 2 N–H and O–H groups in total. The van der Waals surface area contributed by atoms with E-state index in [9.17, 15) is 4.79 Å². The van der Waals surface area contributed by atoms with Crippen LogP contribution in [-0.2, 0) is 4.79 Å². The topological polar surface area (TPSA) is 46.3 Å². The molecule has 3 heteroatoms. The summed E-state index contributed by atoms with van der Waals surface area (Å²) in [4.78, 5) is 13.3. The van der Waals surface area contributed by atoms with Crippen LogP contribution in [0.3, 0.4) is 0 Å². The van der Waals surface area contributed by atoms with Crippen LogP contribution in [0.5, 0.6) is 0 Å². The molecule has 0 aromatic rings. The Hall–Kier alpha value is -0.830. The summed E-state index contributed by atoms with van der Waals surface area (Å²) < 4.78 is 0. The van der Waals surface area contributed by atoms with Crippen LogP contribution in [-0.4, -0.2) is 30.9 Å². The molecule has 1 amide bonds. The predicted molar refractivity (Wildman–Crippen MR) is 55.3 cm³/mol. The molecule has 0 aromatic carbocycles. The van der Waals surface area contributed by atoms with Crippen LogP contribution in [0.25, 0.3) is 0 Å². The van der Waals surface area contributed by atoms with E-state index >= 15 is 0 Å². The highest BCUT2D eigenvalue weighted by molar-refractivity contribution is 5.78. The van der Waals surface area contributed by atoms with Gasteiger partial charge in [0.15, 0.2) is 0 Å². The molecule has 0 aliphatic carbocycles. The number of likely N-dealkylation sites (N-methyl/N-ethyl adjacent to an activating group) is 1. The molecule has 1 unspecified atom stereocenters. The summed E-state index contributed by atoms with van der Waals surface area (Å²) in [6.45, 7) is 6.68. The summed E-state index contributed by atoms with van der Waals surface area (Å²) in [5.74, 6) is 0.110. The highest BCUT2D eigenvalue weighted by Gasteiger charge is 2.18. The van der Waals surface area contributed by atoms with Crippen molar-refractivity contribution in [1.82, 2.24) is 4.90 Å². The lowest BCUT2D eigenvalue weighted by Gasteiger charge is -2.21. The molecule has 0 heterocycles. The number of hydrogen-bond donors (Lipinski definition) is 1. The molecule has 0 saturated heterocycles. The smallest absolute Gasteiger partial charge is 0.226 e. The quantitative estimate of drug-likeness (QED) is 0.626. The minimum Gasteiger partial charge on any atom is -0.342 e. The molecule has 0 bridgehead atoms. The lowest BCUT2D eigenvalue weighted by Crippen LogP contribution is -2.36. The molecule has 0 fully saturated rings. The van der Waals surface area contributed by atoms with Crippen LogP contribution in [0.15, 0.2) is 12.7 Å². The highest BCUT2D eigenvalue weighted by Crippen LogP contribution is 2.07. The van der Waals surface area contributed by atoms with Crippen molar-refractivity contribution >= 4 is 5.91 Å². The van der Waals surface area contributed by atoms with Gasteiger partial charge in [-0.3, -0.25) is 4.79 Å². The van der Waals surface area contributed by atoms with Crippen molar-refractivity contribution in [2.24, 2.45) is 11.7 Å². The first kappa shape index (κ1) is 12.2. The van der Waals surface area contributed by atoms with Gasteiger partial charge in [-0.25, -0.2) is 0 Å². The van der Waals surface area contributed by atoms with Gasteiger partial charge >= 0.3 is 0 Å². The SMILES string of the molecule is C=CCN(C)C(=O)C(CN)CCC. The van der Waals surface area contributed by atoms with Gasteiger partial charge in [0, 0.05) is 20.1 Å². The van der Waals surface area contributed by atoms with Crippen LogP contribution in [0.1, 0.15) is 19.8 Å². The Kier molecular flexibility index (Phi) is 6.24. The van der Waals surface area contributed by atoms with E-state index in [1.54, 1.807) is 18.0 Å². The van der Waals surface area contributed by atoms with Gasteiger partial charge in [-0.15, -0.1) is 6.58 Å². The molecule has 1 atom stereocenters. The highest BCUT2D eigenvalue weighted by atomic mass is 16.2. The van der Waals surface area contributed by atoms with Crippen molar-refractivity contribution in [3.05, 3.63) is 12.7 Å². The second kappa shape index (κ2) is 6.66. The van der Waals surface area contributed by atoms with E-state index in [0.717, 1.165) is 12.8 Å². The fraction of sp³-hybridized carbons (Fsp3) is 0.700. The van der Waals surface area contributed by atoms with E-state index in [1.807, 2.05) is 0 Å². The summed E-state index contributed by atoms with van der Waals surface area (Å²) in [7, 11) is 1.78. The molecule has 0 aromatic heterocycles. The van der Waals surface area contributed by atoms with Crippen molar-refractivity contribution < 1.29 is 4.79 Å². The van der Waals surface area contributed by atoms with E-state index in [0.29, 0.717) is 13.1 Å². The van der Waals surface area contributed by atoms with Gasteiger partial charge in [-0.2, -0.15) is 0 Å². The average molecular weight is 184 g/mol. The van der Waals surface area contributed by atoms with Crippen LogP contribution in [0.4, 0.5) is 0 Å². The first-order valence-corrected chi connectivity index (χ1v) is 4.73. The van der Waals surface area contributed by atoms with Crippen LogP contribution in [0, 0.1) is 5.92 Å². The average Bonchev–Trinajstić information content (AvgIpc) is 2.13. The van der Waals surface area contributed by atoms with Crippen LogP contribution in [0.2, 0.25) is 0 Å². The zero-order valence-corrected chi connectivity index (χ0v) is 8.62. The number of carbonyl (C=O) groups is 1. The van der Waals surface area contributed by atoms with Gasteiger partial charge in [-0.05, 0) is 6.42 Å². The van der Waals surface area contributed by atoms with Gasteiger partial charge < -0.3 is 10.6 Å². The Bertz CT molecular complexity index is 168. The molecule has 76 valence electrons. The number of nitrogens with zero attached hydrogens (tertiary/aromatic N) is 1. The number of hydrogen-bond acceptors (Lipinski definition) is 2. The van der Waals surface area contributed by atoms with Crippen molar-refractivity contribution in [2.75, 3.05) is 20.1 Å². The third-order valence-electron chi connectivity index (χ3n) is 2.05. The lowest BCUT2D eigenvalue weighted by atomic mass is 10.0. The van der Waals surface area contributed by atoms with Gasteiger partial charge in [0.2, 0.25) is 5.91 Å². The first-order chi connectivity index (χ1) is 6.17. The second-order valence-electron chi connectivity index (χ2n) is 3.23. The summed E-state index contributed by atoms with van der Waals surface area (Å²) in [5.41, 5.74) is 5.52. The summed E-state index contributed by atoms with van der Waals surface area (Å²) in [5, 5.41) is 0. The number of rotatable bonds is 6. The Labute approximate surface area is 80.6 Å². The number of amides is 1. The molecular formula is C10H20N2O. The molecule has 0 saturated carbocycles. The van der Waals surface area contributed by atoms with Crippen molar-refractivity contribution in [2.45, 2.75) is 19.8 Å². The largest absolute Gasteiger partial charge is 0.342 e. The maximum Gasteiger partial charge on any atom is 0.226 e. The monoisotopic (exact) mass is 184 g/mol. The molecular weight excluding hydrogens is 164 g/mol. The van der Waals surface area contributed by atoms with Gasteiger partial charge in [0.1, 0.15) is 0 Å². The maximum absolute atomic E-state index is 11.7. The van der Waals surface area contributed by atoms with Gasteiger partial charge in [0.05, 0.1) is 5.92 Å². The van der Waals surface area contributed by atoms with Crippen LogP contribution >= 0.6 is 0 Å². The number of carbonyl (C=O) groups excluding carboxylic acids is 1. The summed E-state index contributed by atoms with van der Waals surface area (Å²) in [6, 6.07) is 0. The van der Waals surface area contributed by atoms with Crippen LogP contribution < -0.4 is 5.73 Å².